The van der Waals surface area contributed by atoms with E-state index < -0.39 is 0 Å². The second-order valence-corrected chi connectivity index (χ2v) is 4.92. The van der Waals surface area contributed by atoms with Crippen LogP contribution in [0.3, 0.4) is 0 Å². The Labute approximate surface area is 105 Å². The standard InChI is InChI=1S/C14H24N2O/c1-3-4-5-6-9-14(17)16-10-7-8-12(2)13(16)11-15/h1,12-13H,4-11,15H2,2H3. The smallest absolute Gasteiger partial charge is 0.222 e. The number of unbranched alkanes of at least 4 members (excludes halogenated alkanes) is 2. The van der Waals surface area contributed by atoms with Crippen molar-refractivity contribution in [3.8, 4) is 12.3 Å². The number of carbonyl (C=O) groups excluding carboxylic acids is 1. The minimum absolute atomic E-state index is 0.240. The maximum Gasteiger partial charge on any atom is 0.222 e. The lowest BCUT2D eigenvalue weighted by Crippen LogP contribution is -2.51. The molecule has 1 rings (SSSR count). The monoisotopic (exact) mass is 236 g/mol. The largest absolute Gasteiger partial charge is 0.338 e. The number of amides is 1. The lowest BCUT2D eigenvalue weighted by Gasteiger charge is -2.39. The highest BCUT2D eigenvalue weighted by Crippen LogP contribution is 2.23. The number of terminal acetylenes is 1. The number of carbonyl (C=O) groups is 1. The van der Waals surface area contributed by atoms with Crippen LogP contribution < -0.4 is 5.73 Å². The molecule has 0 aromatic rings. The van der Waals surface area contributed by atoms with E-state index in [0.717, 1.165) is 32.2 Å². The summed E-state index contributed by atoms with van der Waals surface area (Å²) < 4.78 is 0. The minimum atomic E-state index is 0.240. The normalized spacial score (nSPS) is 24.4. The number of hydrogen-bond donors (Lipinski definition) is 1. The molecule has 0 aromatic heterocycles. The van der Waals surface area contributed by atoms with E-state index in [0.29, 0.717) is 18.9 Å². The average molecular weight is 236 g/mol. The first-order valence-corrected chi connectivity index (χ1v) is 6.63. The molecule has 1 aliphatic heterocycles. The van der Waals surface area contributed by atoms with Crippen LogP contribution in [-0.2, 0) is 4.79 Å². The van der Waals surface area contributed by atoms with Crippen LogP contribution in [0.1, 0.15) is 45.4 Å². The Bertz CT molecular complexity index is 282. The third kappa shape index (κ3) is 4.05. The fraction of sp³-hybridized carbons (Fsp3) is 0.786. The van der Waals surface area contributed by atoms with Gasteiger partial charge in [-0.1, -0.05) is 6.92 Å². The number of nitrogens with zero attached hydrogens (tertiary/aromatic N) is 1. The Morgan fingerprint density at radius 1 is 1.53 bits per heavy atom. The first-order valence-electron chi connectivity index (χ1n) is 6.63. The van der Waals surface area contributed by atoms with E-state index in [1.54, 1.807) is 0 Å². The number of piperidine rings is 1. The zero-order valence-electron chi connectivity index (χ0n) is 10.8. The van der Waals surface area contributed by atoms with Gasteiger partial charge >= 0.3 is 0 Å². The predicted molar refractivity (Wildman–Crippen MR) is 70.3 cm³/mol. The molecule has 0 radical (unpaired) electrons. The molecule has 0 saturated carbocycles. The van der Waals surface area contributed by atoms with Crippen molar-refractivity contribution >= 4 is 5.91 Å². The first-order chi connectivity index (χ1) is 8.20. The molecule has 1 heterocycles. The van der Waals surface area contributed by atoms with Gasteiger partial charge in [0, 0.05) is 32.0 Å². The summed E-state index contributed by atoms with van der Waals surface area (Å²) in [6.45, 7) is 3.65. The molecule has 1 aliphatic rings. The third-order valence-electron chi connectivity index (χ3n) is 3.64. The summed E-state index contributed by atoms with van der Waals surface area (Å²) in [4.78, 5) is 14.1. The fourth-order valence-corrected chi connectivity index (χ4v) is 2.57. The molecule has 0 aromatic carbocycles. The number of nitrogens with two attached hydrogens (primary N) is 1. The van der Waals surface area contributed by atoms with Crippen LogP contribution in [-0.4, -0.2) is 29.9 Å². The molecule has 1 fully saturated rings. The predicted octanol–water partition coefficient (Wildman–Crippen LogP) is 1.77. The first kappa shape index (κ1) is 14.1. The molecule has 96 valence electrons. The average Bonchev–Trinajstić information content (AvgIpc) is 2.34. The lowest BCUT2D eigenvalue weighted by molar-refractivity contribution is -0.136. The third-order valence-corrected chi connectivity index (χ3v) is 3.64. The van der Waals surface area contributed by atoms with E-state index in [-0.39, 0.29) is 11.9 Å². The molecule has 2 N–H and O–H groups in total. The van der Waals surface area contributed by atoms with Gasteiger partial charge in [-0.15, -0.1) is 12.3 Å². The Kier molecular flexibility index (Phi) is 6.07. The molecule has 0 spiro atoms. The van der Waals surface area contributed by atoms with Gasteiger partial charge in [0.1, 0.15) is 0 Å². The number of likely N-dealkylation sites (tertiary alicyclic amines) is 1. The van der Waals surface area contributed by atoms with Crippen LogP contribution in [0, 0.1) is 18.3 Å². The van der Waals surface area contributed by atoms with Crippen molar-refractivity contribution < 1.29 is 4.79 Å². The van der Waals surface area contributed by atoms with Crippen molar-refractivity contribution in [2.24, 2.45) is 11.7 Å². The Morgan fingerprint density at radius 3 is 2.94 bits per heavy atom. The van der Waals surface area contributed by atoms with Gasteiger partial charge < -0.3 is 10.6 Å². The Morgan fingerprint density at radius 2 is 2.29 bits per heavy atom. The van der Waals surface area contributed by atoms with E-state index in [1.807, 2.05) is 4.90 Å². The van der Waals surface area contributed by atoms with Crippen molar-refractivity contribution in [1.82, 2.24) is 4.90 Å². The molecule has 3 nitrogen and oxygen atoms in total. The molecule has 2 unspecified atom stereocenters. The summed E-state index contributed by atoms with van der Waals surface area (Å²) in [5.41, 5.74) is 5.78. The maximum atomic E-state index is 12.1. The lowest BCUT2D eigenvalue weighted by atomic mass is 9.90. The van der Waals surface area contributed by atoms with E-state index in [2.05, 4.69) is 12.8 Å². The van der Waals surface area contributed by atoms with Gasteiger partial charge in [0.25, 0.3) is 0 Å². The van der Waals surface area contributed by atoms with Gasteiger partial charge in [-0.25, -0.2) is 0 Å². The molecule has 0 aliphatic carbocycles. The van der Waals surface area contributed by atoms with Gasteiger partial charge in [-0.2, -0.15) is 0 Å². The Balaban J connectivity index is 2.41. The van der Waals surface area contributed by atoms with Crippen LogP contribution in [0.15, 0.2) is 0 Å². The quantitative estimate of drug-likeness (QED) is 0.584. The van der Waals surface area contributed by atoms with E-state index in [1.165, 1.54) is 6.42 Å². The van der Waals surface area contributed by atoms with Crippen molar-refractivity contribution in [2.45, 2.75) is 51.5 Å². The number of hydrogen-bond acceptors (Lipinski definition) is 2. The summed E-state index contributed by atoms with van der Waals surface area (Å²) in [5, 5.41) is 0. The van der Waals surface area contributed by atoms with Crippen LogP contribution in [0.2, 0.25) is 0 Å². The van der Waals surface area contributed by atoms with Gasteiger partial charge in [0.2, 0.25) is 5.91 Å². The summed E-state index contributed by atoms with van der Waals surface area (Å²) in [6.07, 6.45) is 10.7. The molecule has 0 bridgehead atoms. The summed E-state index contributed by atoms with van der Waals surface area (Å²) >= 11 is 0. The van der Waals surface area contributed by atoms with Crippen molar-refractivity contribution in [2.75, 3.05) is 13.1 Å². The zero-order valence-corrected chi connectivity index (χ0v) is 10.8. The maximum absolute atomic E-state index is 12.1. The molecule has 17 heavy (non-hydrogen) atoms. The molecule has 1 amide bonds. The second-order valence-electron chi connectivity index (χ2n) is 4.92. The summed E-state index contributed by atoms with van der Waals surface area (Å²) in [6, 6.07) is 0.240. The molecular weight excluding hydrogens is 212 g/mol. The second kappa shape index (κ2) is 7.34. The summed E-state index contributed by atoms with van der Waals surface area (Å²) in [7, 11) is 0. The van der Waals surface area contributed by atoms with Gasteiger partial charge in [0.15, 0.2) is 0 Å². The minimum Gasteiger partial charge on any atom is -0.338 e. The highest BCUT2D eigenvalue weighted by Gasteiger charge is 2.30. The molecule has 1 saturated heterocycles. The van der Waals surface area contributed by atoms with Gasteiger partial charge in [0.05, 0.1) is 0 Å². The topological polar surface area (TPSA) is 46.3 Å². The van der Waals surface area contributed by atoms with E-state index >= 15 is 0 Å². The molecular formula is C14H24N2O. The molecule has 2 atom stereocenters. The fourth-order valence-electron chi connectivity index (χ4n) is 2.57. The number of rotatable bonds is 5. The van der Waals surface area contributed by atoms with Crippen molar-refractivity contribution in [1.29, 1.82) is 0 Å². The van der Waals surface area contributed by atoms with Crippen LogP contribution in [0.5, 0.6) is 0 Å². The van der Waals surface area contributed by atoms with E-state index in [9.17, 15) is 4.79 Å². The summed E-state index contributed by atoms with van der Waals surface area (Å²) in [5.74, 6) is 3.39. The van der Waals surface area contributed by atoms with Crippen LogP contribution in [0.25, 0.3) is 0 Å². The molecule has 3 heteroatoms. The van der Waals surface area contributed by atoms with E-state index in [4.69, 9.17) is 12.2 Å². The van der Waals surface area contributed by atoms with Gasteiger partial charge in [-0.05, 0) is 31.6 Å². The highest BCUT2D eigenvalue weighted by atomic mass is 16.2. The van der Waals surface area contributed by atoms with Crippen molar-refractivity contribution in [3.05, 3.63) is 0 Å². The van der Waals surface area contributed by atoms with Crippen molar-refractivity contribution in [3.63, 3.8) is 0 Å². The Hall–Kier alpha value is -1.01. The SMILES string of the molecule is C#CCCCCC(=O)N1CCCC(C)C1CN. The zero-order chi connectivity index (χ0) is 12.7. The highest BCUT2D eigenvalue weighted by molar-refractivity contribution is 5.76. The van der Waals surface area contributed by atoms with Crippen LogP contribution >= 0.6 is 0 Å². The van der Waals surface area contributed by atoms with Crippen LogP contribution in [0.4, 0.5) is 0 Å². The van der Waals surface area contributed by atoms with Gasteiger partial charge in [-0.3, -0.25) is 4.79 Å².